The fourth-order valence-electron chi connectivity index (χ4n) is 3.73. The number of nitrogens with zero attached hydrogens (tertiary/aromatic N) is 3. The smallest absolute Gasteiger partial charge is 0.256 e. The molecule has 8 heteroatoms. The summed E-state index contributed by atoms with van der Waals surface area (Å²) in [5, 5.41) is 7.79. The molecule has 4 aromatic rings. The van der Waals surface area contributed by atoms with Crippen LogP contribution in [0.25, 0.3) is 11.0 Å². The second-order valence-corrected chi connectivity index (χ2v) is 8.37. The van der Waals surface area contributed by atoms with Crippen LogP contribution in [0.1, 0.15) is 53.7 Å². The summed E-state index contributed by atoms with van der Waals surface area (Å²) in [7, 11) is 0. The van der Waals surface area contributed by atoms with Crippen molar-refractivity contribution in [2.24, 2.45) is 5.92 Å². The van der Waals surface area contributed by atoms with Crippen molar-refractivity contribution in [1.82, 2.24) is 25.1 Å². The third kappa shape index (κ3) is 4.39. The number of H-pyrrole nitrogens is 1. The molecule has 2 N–H and O–H groups in total. The van der Waals surface area contributed by atoms with Gasteiger partial charge in [-0.15, -0.1) is 0 Å². The van der Waals surface area contributed by atoms with Crippen LogP contribution in [0.3, 0.4) is 0 Å². The minimum atomic E-state index is -0.309. The summed E-state index contributed by atoms with van der Waals surface area (Å²) in [6, 6.07) is 13.6. The number of rotatable bonds is 7. The van der Waals surface area contributed by atoms with E-state index in [4.69, 9.17) is 11.6 Å². The Hall–Kier alpha value is -3.19. The number of aromatic amines is 1. The van der Waals surface area contributed by atoms with Crippen LogP contribution in [0.15, 0.2) is 48.5 Å². The fraction of sp³-hybridized carbons (Fsp3) is 0.292. The quantitative estimate of drug-likeness (QED) is 0.392. The van der Waals surface area contributed by atoms with Crippen molar-refractivity contribution in [2.75, 3.05) is 0 Å². The maximum atomic E-state index is 13.3. The SMILES string of the molecule is CCC(C)C(NC(=O)c1c(C)nn(Cc2ccc(F)cc2)c1Cl)c1nc2ccccc2[nH]1. The van der Waals surface area contributed by atoms with Crippen molar-refractivity contribution >= 4 is 28.5 Å². The summed E-state index contributed by atoms with van der Waals surface area (Å²) in [5.41, 5.74) is 3.47. The first-order valence-electron chi connectivity index (χ1n) is 10.6. The topological polar surface area (TPSA) is 75.6 Å². The molecule has 0 bridgehead atoms. The summed E-state index contributed by atoms with van der Waals surface area (Å²) < 4.78 is 14.7. The van der Waals surface area contributed by atoms with Gasteiger partial charge in [0.05, 0.1) is 34.9 Å². The summed E-state index contributed by atoms with van der Waals surface area (Å²) in [6.45, 7) is 6.24. The second-order valence-electron chi connectivity index (χ2n) is 8.01. The highest BCUT2D eigenvalue weighted by atomic mass is 35.5. The van der Waals surface area contributed by atoms with Crippen LogP contribution in [0.5, 0.6) is 0 Å². The first-order chi connectivity index (χ1) is 15.4. The van der Waals surface area contributed by atoms with Crippen LogP contribution in [0.4, 0.5) is 4.39 Å². The highest BCUT2D eigenvalue weighted by molar-refractivity contribution is 6.33. The van der Waals surface area contributed by atoms with E-state index in [0.29, 0.717) is 23.6 Å². The molecule has 0 saturated heterocycles. The number of amides is 1. The standard InChI is InChI=1S/C24H25ClFN5O/c1-4-14(2)21(23-27-18-7-5-6-8-19(18)28-23)29-24(32)20-15(3)30-31(22(20)25)13-16-9-11-17(26)12-10-16/h5-12,14,21H,4,13H2,1-3H3,(H,27,28)(H,29,32). The molecule has 4 rings (SSSR count). The van der Waals surface area contributed by atoms with Gasteiger partial charge in [-0.25, -0.2) is 14.1 Å². The summed E-state index contributed by atoms with van der Waals surface area (Å²) in [5.74, 6) is 0.246. The van der Waals surface area contributed by atoms with Crippen molar-refractivity contribution in [3.63, 3.8) is 0 Å². The molecule has 32 heavy (non-hydrogen) atoms. The number of carbonyl (C=O) groups is 1. The average molecular weight is 454 g/mol. The number of benzene rings is 2. The molecule has 0 saturated carbocycles. The van der Waals surface area contributed by atoms with E-state index in [2.05, 4.69) is 34.2 Å². The van der Waals surface area contributed by atoms with E-state index in [0.717, 1.165) is 23.0 Å². The van der Waals surface area contributed by atoms with Crippen LogP contribution < -0.4 is 5.32 Å². The largest absolute Gasteiger partial charge is 0.342 e. The molecule has 2 unspecified atom stereocenters. The van der Waals surface area contributed by atoms with Gasteiger partial charge in [-0.2, -0.15) is 5.10 Å². The monoisotopic (exact) mass is 453 g/mol. The minimum Gasteiger partial charge on any atom is -0.342 e. The summed E-state index contributed by atoms with van der Waals surface area (Å²) >= 11 is 6.55. The zero-order valence-electron chi connectivity index (χ0n) is 18.2. The number of carbonyl (C=O) groups excluding carboxylic acids is 1. The van der Waals surface area contributed by atoms with Gasteiger partial charge in [0.1, 0.15) is 16.8 Å². The normalized spacial score (nSPS) is 13.3. The number of nitrogens with one attached hydrogen (secondary N) is 2. The number of aryl methyl sites for hydroxylation is 1. The lowest BCUT2D eigenvalue weighted by molar-refractivity contribution is 0.0920. The Morgan fingerprint density at radius 1 is 1.22 bits per heavy atom. The van der Waals surface area contributed by atoms with Gasteiger partial charge in [0.15, 0.2) is 0 Å². The molecule has 2 heterocycles. The lowest BCUT2D eigenvalue weighted by Gasteiger charge is -2.22. The van der Waals surface area contributed by atoms with E-state index in [1.165, 1.54) is 12.1 Å². The third-order valence-corrected chi connectivity index (χ3v) is 6.12. The summed E-state index contributed by atoms with van der Waals surface area (Å²) in [4.78, 5) is 21.3. The molecule has 2 aromatic carbocycles. The van der Waals surface area contributed by atoms with Crippen LogP contribution in [-0.4, -0.2) is 25.7 Å². The number of hydrogen-bond acceptors (Lipinski definition) is 3. The van der Waals surface area contributed by atoms with Gasteiger partial charge in [0.25, 0.3) is 5.91 Å². The Morgan fingerprint density at radius 3 is 2.62 bits per heavy atom. The van der Waals surface area contributed by atoms with E-state index in [-0.39, 0.29) is 28.8 Å². The maximum Gasteiger partial charge on any atom is 0.256 e. The van der Waals surface area contributed by atoms with E-state index < -0.39 is 0 Å². The zero-order chi connectivity index (χ0) is 22.8. The second kappa shape index (κ2) is 9.12. The van der Waals surface area contributed by atoms with Crippen LogP contribution >= 0.6 is 11.6 Å². The van der Waals surface area contributed by atoms with Crippen LogP contribution in [-0.2, 0) is 6.54 Å². The van der Waals surface area contributed by atoms with Gasteiger partial charge >= 0.3 is 0 Å². The van der Waals surface area contributed by atoms with Crippen molar-refractivity contribution < 1.29 is 9.18 Å². The highest BCUT2D eigenvalue weighted by Crippen LogP contribution is 2.27. The molecule has 166 valence electrons. The van der Waals surface area contributed by atoms with Gasteiger partial charge in [0.2, 0.25) is 0 Å². The molecular weight excluding hydrogens is 429 g/mol. The number of hydrogen-bond donors (Lipinski definition) is 2. The van der Waals surface area contributed by atoms with Crippen LogP contribution in [0.2, 0.25) is 5.15 Å². The van der Waals surface area contributed by atoms with Crippen molar-refractivity contribution in [3.05, 3.63) is 82.1 Å². The Morgan fingerprint density at radius 2 is 1.94 bits per heavy atom. The highest BCUT2D eigenvalue weighted by Gasteiger charge is 2.27. The molecule has 0 spiro atoms. The average Bonchev–Trinajstić information content (AvgIpc) is 3.33. The fourth-order valence-corrected chi connectivity index (χ4v) is 4.05. The Labute approximate surface area is 190 Å². The van der Waals surface area contributed by atoms with Gasteiger partial charge < -0.3 is 10.3 Å². The molecule has 0 aliphatic carbocycles. The zero-order valence-corrected chi connectivity index (χ0v) is 18.9. The number of aromatic nitrogens is 4. The number of halogens is 2. The predicted molar refractivity (Wildman–Crippen MR) is 123 cm³/mol. The summed E-state index contributed by atoms with van der Waals surface area (Å²) in [6.07, 6.45) is 0.860. The van der Waals surface area contributed by atoms with E-state index in [1.807, 2.05) is 24.3 Å². The van der Waals surface area contributed by atoms with Crippen molar-refractivity contribution in [1.29, 1.82) is 0 Å². The first-order valence-corrected chi connectivity index (χ1v) is 11.0. The van der Waals surface area contributed by atoms with Gasteiger partial charge in [0, 0.05) is 0 Å². The number of para-hydroxylation sites is 2. The van der Waals surface area contributed by atoms with E-state index >= 15 is 0 Å². The van der Waals surface area contributed by atoms with E-state index in [9.17, 15) is 9.18 Å². The third-order valence-electron chi connectivity index (χ3n) is 5.74. The molecule has 2 atom stereocenters. The lowest BCUT2D eigenvalue weighted by atomic mass is 9.98. The Kier molecular flexibility index (Phi) is 6.28. The van der Waals surface area contributed by atoms with Gasteiger partial charge in [-0.1, -0.05) is 56.1 Å². The van der Waals surface area contributed by atoms with Gasteiger partial charge in [-0.3, -0.25) is 4.79 Å². The minimum absolute atomic E-state index is 0.146. The number of fused-ring (bicyclic) bond motifs is 1. The number of imidazole rings is 1. The molecule has 6 nitrogen and oxygen atoms in total. The molecule has 0 aliphatic rings. The molecule has 2 aromatic heterocycles. The molecule has 0 radical (unpaired) electrons. The maximum absolute atomic E-state index is 13.3. The van der Waals surface area contributed by atoms with Crippen molar-refractivity contribution in [2.45, 2.75) is 39.8 Å². The predicted octanol–water partition coefficient (Wildman–Crippen LogP) is 5.43. The first kappa shape index (κ1) is 22.0. The molecule has 0 aliphatic heterocycles. The Balaban J connectivity index is 1.60. The molecular formula is C24H25ClFN5O. The van der Waals surface area contributed by atoms with E-state index in [1.54, 1.807) is 23.7 Å². The van der Waals surface area contributed by atoms with Crippen molar-refractivity contribution in [3.8, 4) is 0 Å². The lowest BCUT2D eigenvalue weighted by Crippen LogP contribution is -2.33. The Bertz CT molecular complexity index is 1210. The molecule has 0 fully saturated rings. The van der Waals surface area contributed by atoms with Gasteiger partial charge in [-0.05, 0) is 42.7 Å². The van der Waals surface area contributed by atoms with Crippen LogP contribution in [0, 0.1) is 18.7 Å². The molecule has 1 amide bonds.